The Morgan fingerprint density at radius 2 is 2.08 bits per heavy atom. The van der Waals surface area contributed by atoms with Gasteiger partial charge in [0, 0.05) is 26.7 Å². The summed E-state index contributed by atoms with van der Waals surface area (Å²) in [6.07, 6.45) is 1.22. The van der Waals surface area contributed by atoms with Crippen LogP contribution in [0.25, 0.3) is 0 Å². The van der Waals surface area contributed by atoms with Crippen LogP contribution in [0.1, 0.15) is 12.0 Å². The molecule has 0 unspecified atom stereocenters. The number of methoxy groups -OCH3 is 1. The average molecular weight is 361 g/mol. The second-order valence-corrected chi connectivity index (χ2v) is 6.87. The summed E-state index contributed by atoms with van der Waals surface area (Å²) >= 11 is 0. The number of ether oxygens (including phenoxy) is 2. The fourth-order valence-electron chi connectivity index (χ4n) is 3.55. The lowest BCUT2D eigenvalue weighted by Crippen LogP contribution is -2.43. The van der Waals surface area contributed by atoms with E-state index in [4.69, 9.17) is 9.47 Å². The van der Waals surface area contributed by atoms with Crippen molar-refractivity contribution in [3.8, 4) is 5.75 Å². The van der Waals surface area contributed by atoms with Crippen molar-refractivity contribution in [2.45, 2.75) is 25.0 Å². The highest BCUT2D eigenvalue weighted by Crippen LogP contribution is 2.21. The first-order valence-electron chi connectivity index (χ1n) is 9.06. The first-order chi connectivity index (χ1) is 12.6. The van der Waals surface area contributed by atoms with Crippen LogP contribution < -0.4 is 10.1 Å². The van der Waals surface area contributed by atoms with E-state index in [-0.39, 0.29) is 24.0 Å². The molecule has 1 N–H and O–H groups in total. The van der Waals surface area contributed by atoms with Gasteiger partial charge in [0.2, 0.25) is 11.8 Å². The zero-order valence-corrected chi connectivity index (χ0v) is 15.4. The molecule has 0 spiro atoms. The molecule has 3 rings (SSSR count). The number of nitrogens with one attached hydrogen (secondary N) is 1. The molecule has 2 saturated heterocycles. The topological polar surface area (TPSA) is 71.1 Å². The Balaban J connectivity index is 1.41. The van der Waals surface area contributed by atoms with Crippen LogP contribution in [-0.4, -0.2) is 80.7 Å². The van der Waals surface area contributed by atoms with Crippen LogP contribution in [0.4, 0.5) is 0 Å². The molecule has 7 heteroatoms. The number of fused-ring (bicyclic) bond motifs is 1. The van der Waals surface area contributed by atoms with Gasteiger partial charge in [0.1, 0.15) is 5.75 Å². The summed E-state index contributed by atoms with van der Waals surface area (Å²) in [6, 6.07) is 7.89. The van der Waals surface area contributed by atoms with Crippen molar-refractivity contribution in [1.29, 1.82) is 0 Å². The maximum Gasteiger partial charge on any atom is 0.234 e. The molecule has 0 saturated carbocycles. The highest BCUT2D eigenvalue weighted by atomic mass is 16.5. The molecule has 2 amide bonds. The number of rotatable bonds is 6. The van der Waals surface area contributed by atoms with E-state index in [1.165, 1.54) is 0 Å². The summed E-state index contributed by atoms with van der Waals surface area (Å²) < 4.78 is 10.9. The number of nitrogens with zero attached hydrogens (tertiary/aromatic N) is 2. The molecule has 2 atom stereocenters. The quantitative estimate of drug-likeness (QED) is 0.788. The summed E-state index contributed by atoms with van der Waals surface area (Å²) in [5, 5.41) is 2.97. The third-order valence-electron chi connectivity index (χ3n) is 5.11. The summed E-state index contributed by atoms with van der Waals surface area (Å²) in [6.45, 7) is 2.76. The van der Waals surface area contributed by atoms with Gasteiger partial charge in [-0.2, -0.15) is 0 Å². The Kier molecular flexibility index (Phi) is 6.11. The molecule has 2 aliphatic rings. The van der Waals surface area contributed by atoms with Crippen LogP contribution in [0.3, 0.4) is 0 Å². The molecule has 0 radical (unpaired) electrons. The predicted octanol–water partition coefficient (Wildman–Crippen LogP) is 0.285. The first-order valence-corrected chi connectivity index (χ1v) is 9.06. The third-order valence-corrected chi connectivity index (χ3v) is 5.11. The van der Waals surface area contributed by atoms with Gasteiger partial charge in [-0.3, -0.25) is 14.5 Å². The van der Waals surface area contributed by atoms with E-state index in [1.807, 2.05) is 31.3 Å². The number of carbonyl (C=O) groups is 2. The number of carbonyl (C=O) groups excluding carboxylic acids is 2. The fraction of sp³-hybridized carbons (Fsp3) is 0.579. The molecule has 2 fully saturated rings. The van der Waals surface area contributed by atoms with Crippen molar-refractivity contribution in [3.63, 3.8) is 0 Å². The largest absolute Gasteiger partial charge is 0.497 e. The average Bonchev–Trinajstić information content (AvgIpc) is 2.98. The van der Waals surface area contributed by atoms with Gasteiger partial charge in [-0.25, -0.2) is 0 Å². The van der Waals surface area contributed by atoms with Crippen LogP contribution in [0.5, 0.6) is 5.75 Å². The molecule has 1 aromatic carbocycles. The molecule has 142 valence electrons. The summed E-state index contributed by atoms with van der Waals surface area (Å²) in [5.41, 5.74) is 1.16. The lowest BCUT2D eigenvalue weighted by Gasteiger charge is -2.25. The Labute approximate surface area is 154 Å². The van der Waals surface area contributed by atoms with Crippen molar-refractivity contribution < 1.29 is 19.1 Å². The molecule has 0 bridgehead atoms. The smallest absolute Gasteiger partial charge is 0.234 e. The van der Waals surface area contributed by atoms with E-state index in [0.717, 1.165) is 17.7 Å². The minimum atomic E-state index is -0.00134. The van der Waals surface area contributed by atoms with Gasteiger partial charge in [-0.15, -0.1) is 0 Å². The van der Waals surface area contributed by atoms with Crippen LogP contribution >= 0.6 is 0 Å². The molecular formula is C19H27N3O4. The minimum absolute atomic E-state index is 0.00134. The van der Waals surface area contributed by atoms with Crippen molar-refractivity contribution in [2.24, 2.45) is 0 Å². The Morgan fingerprint density at radius 1 is 1.31 bits per heavy atom. The molecule has 26 heavy (non-hydrogen) atoms. The molecule has 7 nitrogen and oxygen atoms in total. The van der Waals surface area contributed by atoms with Gasteiger partial charge >= 0.3 is 0 Å². The third kappa shape index (κ3) is 4.53. The van der Waals surface area contributed by atoms with Gasteiger partial charge in [0.05, 0.1) is 38.8 Å². The zero-order valence-electron chi connectivity index (χ0n) is 15.4. The molecule has 2 heterocycles. The molecular weight excluding hydrogens is 334 g/mol. The fourth-order valence-corrected chi connectivity index (χ4v) is 3.55. The zero-order chi connectivity index (χ0) is 18.5. The second kappa shape index (κ2) is 8.51. The van der Waals surface area contributed by atoms with Crippen molar-refractivity contribution in [3.05, 3.63) is 29.8 Å². The minimum Gasteiger partial charge on any atom is -0.497 e. The number of hydrogen-bond donors (Lipinski definition) is 1. The van der Waals surface area contributed by atoms with E-state index in [1.54, 1.807) is 12.0 Å². The number of hydrogen-bond acceptors (Lipinski definition) is 5. The number of likely N-dealkylation sites (tertiary alicyclic amines) is 1. The lowest BCUT2D eigenvalue weighted by molar-refractivity contribution is -0.131. The maximum absolute atomic E-state index is 12.2. The maximum atomic E-state index is 12.2. The predicted molar refractivity (Wildman–Crippen MR) is 97.1 cm³/mol. The Bertz CT molecular complexity index is 634. The van der Waals surface area contributed by atoms with E-state index < -0.39 is 0 Å². The molecule has 0 aromatic heterocycles. The summed E-state index contributed by atoms with van der Waals surface area (Å²) in [5.74, 6) is 0.946. The van der Waals surface area contributed by atoms with Crippen LogP contribution in [0.15, 0.2) is 24.3 Å². The van der Waals surface area contributed by atoms with E-state index >= 15 is 0 Å². The van der Waals surface area contributed by atoms with E-state index in [9.17, 15) is 9.59 Å². The SMILES string of the molecule is COc1ccc(CCNC(=O)CN2C[C@@H]3OCCC(=O)N(C)[C@H]3C2)cc1. The lowest BCUT2D eigenvalue weighted by atomic mass is 10.1. The highest BCUT2D eigenvalue weighted by Gasteiger charge is 2.40. The van der Waals surface area contributed by atoms with Crippen LogP contribution in [-0.2, 0) is 20.7 Å². The summed E-state index contributed by atoms with van der Waals surface area (Å²) in [7, 11) is 3.47. The Hall–Kier alpha value is -2.12. The monoisotopic (exact) mass is 361 g/mol. The standard InChI is InChI=1S/C19H27N3O4/c1-21-16-11-22(12-17(16)26-10-8-19(21)24)13-18(23)20-9-7-14-3-5-15(25-2)6-4-14/h3-6,16-17H,7-13H2,1-2H3,(H,20,23)/t16-,17-/m0/s1. The van der Waals surface area contributed by atoms with E-state index in [0.29, 0.717) is 39.2 Å². The van der Waals surface area contributed by atoms with Crippen molar-refractivity contribution >= 4 is 11.8 Å². The summed E-state index contributed by atoms with van der Waals surface area (Å²) in [4.78, 5) is 28.0. The van der Waals surface area contributed by atoms with Crippen LogP contribution in [0.2, 0.25) is 0 Å². The number of amides is 2. The van der Waals surface area contributed by atoms with Gasteiger partial charge in [0.15, 0.2) is 0 Å². The Morgan fingerprint density at radius 3 is 2.81 bits per heavy atom. The highest BCUT2D eigenvalue weighted by molar-refractivity contribution is 5.78. The number of benzene rings is 1. The normalized spacial score (nSPS) is 23.5. The molecule has 1 aromatic rings. The van der Waals surface area contributed by atoms with E-state index in [2.05, 4.69) is 10.2 Å². The van der Waals surface area contributed by atoms with Gasteiger partial charge in [-0.1, -0.05) is 12.1 Å². The van der Waals surface area contributed by atoms with Gasteiger partial charge in [-0.05, 0) is 24.1 Å². The molecule has 2 aliphatic heterocycles. The number of likely N-dealkylation sites (N-methyl/N-ethyl adjacent to an activating group) is 1. The van der Waals surface area contributed by atoms with Gasteiger partial charge in [0.25, 0.3) is 0 Å². The first kappa shape index (κ1) is 18.7. The molecule has 0 aliphatic carbocycles. The van der Waals surface area contributed by atoms with Crippen molar-refractivity contribution in [1.82, 2.24) is 15.1 Å². The van der Waals surface area contributed by atoms with Gasteiger partial charge < -0.3 is 19.7 Å². The van der Waals surface area contributed by atoms with Crippen LogP contribution in [0, 0.1) is 0 Å². The van der Waals surface area contributed by atoms with Crippen molar-refractivity contribution in [2.75, 3.05) is 46.9 Å². The second-order valence-electron chi connectivity index (χ2n) is 6.87.